The first kappa shape index (κ1) is 14.3. The lowest BCUT2D eigenvalue weighted by molar-refractivity contribution is -0.0835. The third-order valence-electron chi connectivity index (χ3n) is 4.45. The Morgan fingerprint density at radius 2 is 2.25 bits per heavy atom. The molecule has 3 atom stereocenters. The molecule has 2 aliphatic heterocycles. The van der Waals surface area contributed by atoms with E-state index >= 15 is 0 Å². The third-order valence-corrected chi connectivity index (χ3v) is 5.67. The number of hydrogen-bond acceptors (Lipinski definition) is 3. The normalized spacial score (nSPS) is 31.6. The molecule has 0 radical (unpaired) electrons. The smallest absolute Gasteiger partial charge is 0.163 e. The van der Waals surface area contributed by atoms with Gasteiger partial charge in [-0.1, -0.05) is 12.1 Å². The largest absolute Gasteiger partial charge is 0.374 e. The van der Waals surface area contributed by atoms with Crippen LogP contribution in [-0.4, -0.2) is 23.7 Å². The summed E-state index contributed by atoms with van der Waals surface area (Å²) in [5, 5.41) is 0. The van der Waals surface area contributed by atoms with Crippen LogP contribution in [0.1, 0.15) is 30.9 Å². The van der Waals surface area contributed by atoms with Crippen LogP contribution in [-0.2, 0) is 4.74 Å². The van der Waals surface area contributed by atoms with Crippen LogP contribution in [0.5, 0.6) is 0 Å². The van der Waals surface area contributed by atoms with E-state index in [2.05, 4.69) is 0 Å². The summed E-state index contributed by atoms with van der Waals surface area (Å²) in [6.45, 7) is 0.663. The fourth-order valence-electron chi connectivity index (χ4n) is 3.27. The molecule has 2 aliphatic rings. The minimum absolute atomic E-state index is 0.0883. The molecule has 0 saturated carbocycles. The quantitative estimate of drug-likeness (QED) is 0.910. The van der Waals surface area contributed by atoms with Crippen molar-refractivity contribution in [1.82, 2.24) is 0 Å². The van der Waals surface area contributed by atoms with Gasteiger partial charge in [0.1, 0.15) is 0 Å². The Hall–Kier alpha value is -0.650. The van der Waals surface area contributed by atoms with Gasteiger partial charge in [-0.2, -0.15) is 11.8 Å². The van der Waals surface area contributed by atoms with Crippen LogP contribution in [0.15, 0.2) is 18.2 Å². The topological polar surface area (TPSA) is 35.2 Å². The molecule has 2 saturated heterocycles. The van der Waals surface area contributed by atoms with E-state index in [0.717, 1.165) is 36.8 Å². The molecule has 2 nitrogen and oxygen atoms in total. The average molecular weight is 299 g/mol. The fourth-order valence-corrected chi connectivity index (χ4v) is 4.65. The van der Waals surface area contributed by atoms with Gasteiger partial charge in [-0.25, -0.2) is 8.78 Å². The molecule has 2 fully saturated rings. The van der Waals surface area contributed by atoms with Crippen molar-refractivity contribution in [2.24, 2.45) is 11.7 Å². The molecule has 0 aromatic heterocycles. The van der Waals surface area contributed by atoms with Gasteiger partial charge in [0.15, 0.2) is 11.6 Å². The summed E-state index contributed by atoms with van der Waals surface area (Å²) in [5.41, 5.74) is 6.42. The first-order chi connectivity index (χ1) is 9.61. The summed E-state index contributed by atoms with van der Waals surface area (Å²) in [7, 11) is 0. The van der Waals surface area contributed by atoms with Gasteiger partial charge in [0, 0.05) is 24.0 Å². The Morgan fingerprint density at radius 3 is 3.00 bits per heavy atom. The van der Waals surface area contributed by atoms with Gasteiger partial charge >= 0.3 is 0 Å². The third kappa shape index (κ3) is 2.59. The lowest BCUT2D eigenvalue weighted by Gasteiger charge is -2.40. The molecule has 5 heteroatoms. The van der Waals surface area contributed by atoms with Crippen molar-refractivity contribution >= 4 is 11.8 Å². The monoisotopic (exact) mass is 299 g/mol. The molecule has 20 heavy (non-hydrogen) atoms. The Labute approximate surface area is 122 Å². The second-order valence-electron chi connectivity index (χ2n) is 5.76. The van der Waals surface area contributed by atoms with E-state index in [9.17, 15) is 8.78 Å². The number of halogens is 2. The zero-order valence-corrected chi connectivity index (χ0v) is 12.1. The molecule has 1 aromatic rings. The van der Waals surface area contributed by atoms with Gasteiger partial charge in [0.25, 0.3) is 0 Å². The van der Waals surface area contributed by atoms with E-state index in [1.165, 1.54) is 6.07 Å². The van der Waals surface area contributed by atoms with E-state index in [1.54, 1.807) is 6.07 Å². The molecule has 0 bridgehead atoms. The molecule has 3 rings (SSSR count). The second kappa shape index (κ2) is 5.62. The standard InChI is InChI=1S/C15H19F2NOS/c16-12-3-1-2-11(13(12)17)14(18)10-4-6-19-15(8-10)5-7-20-9-15/h1-3,10,14H,4-9,18H2. The molecule has 110 valence electrons. The lowest BCUT2D eigenvalue weighted by Crippen LogP contribution is -2.43. The molecular weight excluding hydrogens is 280 g/mol. The summed E-state index contributed by atoms with van der Waals surface area (Å²) < 4.78 is 33.2. The average Bonchev–Trinajstić information content (AvgIpc) is 2.89. The molecule has 0 amide bonds. The van der Waals surface area contributed by atoms with E-state index in [-0.39, 0.29) is 17.1 Å². The van der Waals surface area contributed by atoms with Crippen molar-refractivity contribution in [2.45, 2.75) is 30.9 Å². The highest BCUT2D eigenvalue weighted by Gasteiger charge is 2.42. The van der Waals surface area contributed by atoms with E-state index < -0.39 is 17.7 Å². The van der Waals surface area contributed by atoms with Gasteiger partial charge in [-0.15, -0.1) is 0 Å². The van der Waals surface area contributed by atoms with Crippen molar-refractivity contribution < 1.29 is 13.5 Å². The number of rotatable bonds is 2. The highest BCUT2D eigenvalue weighted by molar-refractivity contribution is 7.99. The Kier molecular flexibility index (Phi) is 4.02. The van der Waals surface area contributed by atoms with Crippen LogP contribution in [0.4, 0.5) is 8.78 Å². The van der Waals surface area contributed by atoms with Gasteiger partial charge in [-0.05, 0) is 37.0 Å². The fraction of sp³-hybridized carbons (Fsp3) is 0.600. The Morgan fingerprint density at radius 1 is 1.40 bits per heavy atom. The maximum atomic E-state index is 13.9. The number of benzene rings is 1. The van der Waals surface area contributed by atoms with Crippen molar-refractivity contribution in [2.75, 3.05) is 18.1 Å². The highest BCUT2D eigenvalue weighted by Crippen LogP contribution is 2.43. The maximum Gasteiger partial charge on any atom is 0.163 e. The van der Waals surface area contributed by atoms with Gasteiger partial charge < -0.3 is 10.5 Å². The minimum Gasteiger partial charge on any atom is -0.374 e. The van der Waals surface area contributed by atoms with E-state index in [0.29, 0.717) is 6.61 Å². The molecule has 0 aliphatic carbocycles. The Bertz CT molecular complexity index is 491. The predicted molar refractivity (Wildman–Crippen MR) is 76.6 cm³/mol. The molecule has 2 heterocycles. The first-order valence-electron chi connectivity index (χ1n) is 7.02. The predicted octanol–water partition coefficient (Wildman–Crippen LogP) is 3.27. The number of ether oxygens (including phenoxy) is 1. The zero-order chi connectivity index (χ0) is 14.2. The van der Waals surface area contributed by atoms with Crippen molar-refractivity contribution in [1.29, 1.82) is 0 Å². The van der Waals surface area contributed by atoms with Crippen molar-refractivity contribution in [3.05, 3.63) is 35.4 Å². The SMILES string of the molecule is NC(c1cccc(F)c1F)C1CCOC2(CCSC2)C1. The van der Waals surface area contributed by atoms with Crippen LogP contribution in [0.2, 0.25) is 0 Å². The van der Waals surface area contributed by atoms with Crippen LogP contribution >= 0.6 is 11.8 Å². The first-order valence-corrected chi connectivity index (χ1v) is 8.18. The molecule has 1 spiro atoms. The maximum absolute atomic E-state index is 13.9. The number of thioether (sulfide) groups is 1. The van der Waals surface area contributed by atoms with Crippen LogP contribution in [0.3, 0.4) is 0 Å². The molecule has 2 N–H and O–H groups in total. The Balaban J connectivity index is 1.79. The highest BCUT2D eigenvalue weighted by atomic mass is 32.2. The minimum atomic E-state index is -0.823. The van der Waals surface area contributed by atoms with Crippen molar-refractivity contribution in [3.8, 4) is 0 Å². The van der Waals surface area contributed by atoms with Crippen LogP contribution < -0.4 is 5.73 Å². The van der Waals surface area contributed by atoms with Gasteiger partial charge in [-0.3, -0.25) is 0 Å². The lowest BCUT2D eigenvalue weighted by atomic mass is 9.79. The summed E-state index contributed by atoms with van der Waals surface area (Å²) in [6, 6.07) is 3.78. The summed E-state index contributed by atoms with van der Waals surface area (Å²) in [6.07, 6.45) is 2.69. The number of hydrogen-bond donors (Lipinski definition) is 1. The summed E-state index contributed by atoms with van der Waals surface area (Å²) in [5.74, 6) is 0.620. The zero-order valence-electron chi connectivity index (χ0n) is 11.3. The van der Waals surface area contributed by atoms with Crippen LogP contribution in [0, 0.1) is 17.6 Å². The summed E-state index contributed by atoms with van der Waals surface area (Å²) in [4.78, 5) is 0. The van der Waals surface area contributed by atoms with Gasteiger partial charge in [0.2, 0.25) is 0 Å². The number of nitrogens with two attached hydrogens (primary N) is 1. The molecule has 3 unspecified atom stereocenters. The van der Waals surface area contributed by atoms with E-state index in [1.807, 2.05) is 11.8 Å². The van der Waals surface area contributed by atoms with Crippen LogP contribution in [0.25, 0.3) is 0 Å². The summed E-state index contributed by atoms with van der Waals surface area (Å²) >= 11 is 1.89. The molecular formula is C15H19F2NOS. The van der Waals surface area contributed by atoms with E-state index in [4.69, 9.17) is 10.5 Å². The van der Waals surface area contributed by atoms with Crippen molar-refractivity contribution in [3.63, 3.8) is 0 Å². The van der Waals surface area contributed by atoms with Gasteiger partial charge in [0.05, 0.1) is 5.60 Å². The molecule has 1 aromatic carbocycles. The second-order valence-corrected chi connectivity index (χ2v) is 6.86.